The molecule has 0 unspecified atom stereocenters. The van der Waals surface area contributed by atoms with E-state index in [9.17, 15) is 162 Å². The maximum atomic E-state index is 13.2. The number of carboxylic acid groups (broad SMARTS) is 1. The van der Waals surface area contributed by atoms with Gasteiger partial charge in [-0.15, -0.1) is 6.42 Å². The maximum Gasteiger partial charge on any atom is 0.417 e. The molecule has 0 atom stereocenters. The van der Waals surface area contributed by atoms with E-state index in [0.717, 1.165) is 97.1 Å². The lowest BCUT2D eigenvalue weighted by Gasteiger charge is -2.11. The van der Waals surface area contributed by atoms with Crippen LogP contribution in [0.1, 0.15) is 222 Å². The molecule has 0 bridgehead atoms. The van der Waals surface area contributed by atoms with Crippen molar-refractivity contribution in [2.24, 2.45) is 34.4 Å². The number of Topliss-reactive ketones (excluding diaryl/α,β-unsaturated/α-hetero) is 4. The smallest absolute Gasteiger partial charge is 0.417 e. The van der Waals surface area contributed by atoms with Gasteiger partial charge in [-0.2, -0.15) is 119 Å². The van der Waals surface area contributed by atoms with Crippen LogP contribution in [-0.2, 0) is 55.6 Å². The first-order valence-electron chi connectivity index (χ1n) is 37.0. The minimum atomic E-state index is -4.84. The van der Waals surface area contributed by atoms with Crippen molar-refractivity contribution in [3.05, 3.63) is 312 Å². The Morgan fingerprint density at radius 3 is 0.691 bits per heavy atom. The fourth-order valence-electron chi connectivity index (χ4n) is 10.9. The number of hydrogen-bond donors (Lipinski definition) is 11. The molecular weight excluding hydrogens is 2050 g/mol. The van der Waals surface area contributed by atoms with Crippen LogP contribution in [0.4, 0.5) is 119 Å². The summed E-state index contributed by atoms with van der Waals surface area (Å²) in [7, 11) is 0. The average molecular weight is 2110 g/mol. The van der Waals surface area contributed by atoms with Gasteiger partial charge in [-0.3, -0.25) is 49.2 Å². The number of terminal acetylenes is 1. The Morgan fingerprint density at radius 1 is 0.281 bits per heavy atom. The van der Waals surface area contributed by atoms with E-state index in [4.69, 9.17) is 67.6 Å². The molecule has 0 aromatic heterocycles. The van der Waals surface area contributed by atoms with Crippen molar-refractivity contribution >= 4 is 108 Å². The van der Waals surface area contributed by atoms with Crippen LogP contribution in [0.15, 0.2) is 173 Å². The van der Waals surface area contributed by atoms with Gasteiger partial charge in [0, 0.05) is 94.4 Å². The lowest BCUT2D eigenvalue weighted by Crippen LogP contribution is -2.18. The second-order valence-electron chi connectivity index (χ2n) is 28.0. The molecule has 49 heteroatoms. The van der Waals surface area contributed by atoms with Crippen molar-refractivity contribution in [3.8, 4) is 47.9 Å². The summed E-state index contributed by atoms with van der Waals surface area (Å²) >= 11 is 5.86. The van der Waals surface area contributed by atoms with E-state index in [2.05, 4.69) is 73.3 Å². The zero-order chi connectivity index (χ0) is 106. The third kappa shape index (κ3) is 36.6. The highest BCUT2D eigenvalue weighted by molar-refractivity contribution is 9.10. The summed E-state index contributed by atoms with van der Waals surface area (Å²) in [5.74, 6) is 5.38. The number of halogens is 29. The molecule has 0 aliphatic heterocycles. The number of carboxylic acids is 1. The number of carbonyl (C=O) groups excluding carboxylic acids is 8. The number of amides is 4. The summed E-state index contributed by atoms with van der Waals surface area (Å²) in [6, 6.07) is 22.5. The van der Waals surface area contributed by atoms with Gasteiger partial charge in [0.25, 0.3) is 0 Å². The molecule has 139 heavy (non-hydrogen) atoms. The topological polar surface area (TPSA) is 425 Å². The second-order valence-corrected chi connectivity index (χ2v) is 29.8. The van der Waals surface area contributed by atoms with Crippen molar-refractivity contribution in [3.63, 3.8) is 0 Å². The van der Waals surface area contributed by atoms with Gasteiger partial charge in [0.15, 0.2) is 23.1 Å². The van der Waals surface area contributed by atoms with Gasteiger partial charge in [0.2, 0.25) is 23.6 Å². The first kappa shape index (κ1) is 116. The van der Waals surface area contributed by atoms with Crippen LogP contribution in [-0.4, -0.2) is 80.9 Å². The van der Waals surface area contributed by atoms with Crippen LogP contribution in [0.3, 0.4) is 0 Å². The van der Waals surface area contributed by atoms with Crippen molar-refractivity contribution < 1.29 is 167 Å². The molecule has 20 nitrogen and oxygen atoms in total. The number of aromatic carboxylic acids is 1. The lowest BCUT2D eigenvalue weighted by atomic mass is 9.99. The Bertz CT molecular complexity index is 6110. The van der Waals surface area contributed by atoms with E-state index < -0.39 is 211 Å². The Morgan fingerprint density at radius 2 is 0.482 bits per heavy atom. The fourth-order valence-corrected chi connectivity index (χ4v) is 11.6. The number of carbonyl (C=O) groups is 9. The monoisotopic (exact) mass is 2110 g/mol. The summed E-state index contributed by atoms with van der Waals surface area (Å²) in [6.45, 7) is 2.74. The molecule has 9 rings (SSSR count). The van der Waals surface area contributed by atoms with Crippen LogP contribution in [0.25, 0.3) is 0 Å². The molecule has 17 N–H and O–H groups in total. The molecule has 0 radical (unpaired) electrons. The van der Waals surface area contributed by atoms with Gasteiger partial charge in [-0.25, -0.2) is 4.79 Å². The standard InChI is InChI=1S/C21H14F6N2O2.2C20H13F6N3O2.C13H10F3NO.C8H5BrF3NO.C8H4BrF3O2/c1-11(28)6-18(30)14-7-13(8-15(10-14)20(22,23)24)3-2-12-4-5-17(21(25,26)27)16(9-12)19(29)31;2*21-19(22,23)13-6-11(5-12(8-13)16(30)9-17(27)28)2-1-10-3-4-15(20(24,25)26)14(7-10)18(29)31;1-3-9-5-10(12(18)4-8(2)17)7-11(6-9)13(14,15)16;2*9-4-1-2-6(8(10,11)12)5(3-4)7(13)14/h4-5,7-10,28H,6H2,1H3,(H2,29,31);2*3-8H,9H2,(H3,27,28)(H2,29,31);1,5-7,17H,4H2,2H3;1-3H,(H2,13,14);1-3H,(H,13,14). The Hall–Kier alpha value is -15.4. The van der Waals surface area contributed by atoms with Crippen molar-refractivity contribution in [2.75, 3.05) is 0 Å². The summed E-state index contributed by atoms with van der Waals surface area (Å²) in [6.07, 6.45) is -39.4. The van der Waals surface area contributed by atoms with Crippen molar-refractivity contribution in [1.82, 2.24) is 0 Å². The van der Waals surface area contributed by atoms with Crippen LogP contribution >= 0.6 is 31.9 Å². The predicted octanol–water partition coefficient (Wildman–Crippen LogP) is 21.3. The fraction of sp³-hybridized carbons (Fsp3) is 0.167. The van der Waals surface area contributed by atoms with Crippen molar-refractivity contribution in [2.45, 2.75) is 95.1 Å². The molecule has 0 saturated carbocycles. The number of alkyl halides is 27. The molecule has 0 saturated heterocycles. The van der Waals surface area contributed by atoms with Crippen molar-refractivity contribution in [1.29, 1.82) is 21.6 Å². The highest BCUT2D eigenvalue weighted by Gasteiger charge is 2.41. The van der Waals surface area contributed by atoms with E-state index in [-0.39, 0.29) is 85.5 Å². The summed E-state index contributed by atoms with van der Waals surface area (Å²) in [5, 5.41) is 37.2. The predicted molar refractivity (Wildman–Crippen MR) is 452 cm³/mol. The number of nitrogens with two attached hydrogens (primary N) is 6. The molecule has 0 heterocycles. The normalized spacial score (nSPS) is 11.4. The quantitative estimate of drug-likeness (QED) is 0.0133. The molecular formula is C90H59Br2F27N10O10. The largest absolute Gasteiger partial charge is 0.478 e. The van der Waals surface area contributed by atoms with Gasteiger partial charge < -0.3 is 50.3 Å². The second kappa shape index (κ2) is 46.9. The molecule has 4 amide bonds. The number of amidine groups is 2. The summed E-state index contributed by atoms with van der Waals surface area (Å²) in [4.78, 5) is 103. The van der Waals surface area contributed by atoms with E-state index in [1.165, 1.54) is 26.0 Å². The first-order chi connectivity index (χ1) is 63.4. The maximum absolute atomic E-state index is 13.2. The Labute approximate surface area is 781 Å². The molecule has 9 aromatic carbocycles. The number of nitrogens with one attached hydrogen (secondary N) is 4. The van der Waals surface area contributed by atoms with E-state index in [0.29, 0.717) is 63.5 Å². The minimum absolute atomic E-state index is 0.00388. The average Bonchev–Trinajstić information content (AvgIpc) is 1.04. The Balaban J connectivity index is 0.000000358. The molecule has 732 valence electrons. The van der Waals surface area contributed by atoms with Gasteiger partial charge in [0.1, 0.15) is 0 Å². The zero-order valence-electron chi connectivity index (χ0n) is 69.5. The van der Waals surface area contributed by atoms with E-state index in [1.54, 1.807) is 0 Å². The first-order valence-corrected chi connectivity index (χ1v) is 38.6. The number of primary amides is 4. The highest BCUT2D eigenvalue weighted by Crippen LogP contribution is 2.41. The molecule has 0 spiro atoms. The number of ketones is 4. The lowest BCUT2D eigenvalue weighted by molar-refractivity contribution is -0.138. The summed E-state index contributed by atoms with van der Waals surface area (Å²) < 4.78 is 347. The molecule has 0 aliphatic rings. The van der Waals surface area contributed by atoms with Gasteiger partial charge in [0.05, 0.1) is 102 Å². The minimum Gasteiger partial charge on any atom is -0.478 e. The van der Waals surface area contributed by atoms with E-state index in [1.807, 2.05) is 0 Å². The number of hydrogen-bond acceptors (Lipinski definition) is 13. The van der Waals surface area contributed by atoms with Gasteiger partial charge in [-0.05, 0) is 178 Å². The van der Waals surface area contributed by atoms with Gasteiger partial charge >= 0.3 is 61.6 Å². The van der Waals surface area contributed by atoms with Crippen LogP contribution in [0, 0.1) is 69.5 Å². The third-order valence-corrected chi connectivity index (χ3v) is 17.9. The van der Waals surface area contributed by atoms with Gasteiger partial charge in [-0.1, -0.05) is 73.3 Å². The number of rotatable bonds is 17. The molecule has 0 aliphatic carbocycles. The Kier molecular flexibility index (Phi) is 39.1. The van der Waals surface area contributed by atoms with Crippen LogP contribution < -0.4 is 34.4 Å². The van der Waals surface area contributed by atoms with Crippen LogP contribution in [0.5, 0.6) is 0 Å². The molecule has 9 aromatic rings. The van der Waals surface area contributed by atoms with E-state index >= 15 is 0 Å². The summed E-state index contributed by atoms with van der Waals surface area (Å²) in [5.41, 5.74) is 13.4. The SMILES string of the molecule is C#Cc1cc(C(=O)CC(C)=N)cc(C(F)(F)F)c1.CC(=N)CC(=O)c1cc(C#Cc2ccc(C(F)(F)F)c(C(N)=O)c2)cc(C(F)(F)F)c1.N=C(N)CC(=O)c1cc(C#Cc2ccc(C(F)(F)F)c(C(N)=O)c2)cc(C(F)(F)F)c1.N=C(N)CC(=O)c1cc(C#Cc2ccc(C(F)(F)F)c(C(N)=O)c2)cc(C(F)(F)F)c1.NC(=O)c1cc(Br)ccc1C(F)(F)F.O=C(O)c1cc(Br)ccc1C(F)(F)F. The van der Waals surface area contributed by atoms with Crippen LogP contribution in [0.2, 0.25) is 0 Å². The zero-order valence-corrected chi connectivity index (χ0v) is 72.7. The number of benzene rings is 9. The highest BCUT2D eigenvalue weighted by atomic mass is 79.9. The third-order valence-electron chi connectivity index (χ3n) is 16.9. The molecule has 0 fully saturated rings.